The summed E-state index contributed by atoms with van der Waals surface area (Å²) in [6.45, 7) is 10.2. The van der Waals surface area contributed by atoms with Crippen LogP contribution >= 0.6 is 11.8 Å². The fraction of sp³-hybridized carbons (Fsp3) is 0.417. The van der Waals surface area contributed by atoms with Gasteiger partial charge >= 0.3 is 6.09 Å². The SMILES string of the molecule is Cc1ccc(C)c(Sc2ccc(C#N)cc2S(=O)(=O)N2CCN(C(=O)OC(C)(C)C)CC2)c1. The van der Waals surface area contributed by atoms with Gasteiger partial charge in [-0.2, -0.15) is 9.57 Å². The van der Waals surface area contributed by atoms with Crippen LogP contribution in [0.25, 0.3) is 0 Å². The summed E-state index contributed by atoms with van der Waals surface area (Å²) in [6.07, 6.45) is -0.447. The van der Waals surface area contributed by atoms with Gasteiger partial charge in [0.25, 0.3) is 0 Å². The van der Waals surface area contributed by atoms with E-state index < -0.39 is 21.7 Å². The van der Waals surface area contributed by atoms with E-state index in [4.69, 9.17) is 4.74 Å². The Labute approximate surface area is 200 Å². The highest BCUT2D eigenvalue weighted by atomic mass is 32.2. The van der Waals surface area contributed by atoms with E-state index in [1.54, 1.807) is 32.9 Å². The standard InChI is InChI=1S/C24H29N3O4S2/c1-17-6-7-18(2)21(14-17)32-20-9-8-19(16-25)15-22(20)33(29,30)27-12-10-26(11-13-27)23(28)31-24(3,4)5/h6-9,14-15H,10-13H2,1-5H3. The maximum atomic E-state index is 13.6. The fourth-order valence-electron chi connectivity index (χ4n) is 3.38. The summed E-state index contributed by atoms with van der Waals surface area (Å²) >= 11 is 1.38. The number of carbonyl (C=O) groups excluding carboxylic acids is 1. The third-order valence-electron chi connectivity index (χ3n) is 5.14. The number of rotatable bonds is 4. The fourth-order valence-corrected chi connectivity index (χ4v) is 6.34. The second kappa shape index (κ2) is 9.75. The van der Waals surface area contributed by atoms with E-state index in [1.165, 1.54) is 27.0 Å². The van der Waals surface area contributed by atoms with Gasteiger partial charge in [-0.25, -0.2) is 13.2 Å². The first-order valence-electron chi connectivity index (χ1n) is 10.7. The molecule has 1 aliphatic heterocycles. The molecule has 1 aliphatic rings. The molecule has 2 aromatic carbocycles. The van der Waals surface area contributed by atoms with E-state index >= 15 is 0 Å². The molecule has 0 unspecified atom stereocenters. The van der Waals surface area contributed by atoms with Crippen LogP contribution < -0.4 is 0 Å². The summed E-state index contributed by atoms with van der Waals surface area (Å²) in [5.41, 5.74) is 1.80. The van der Waals surface area contributed by atoms with Gasteiger partial charge < -0.3 is 9.64 Å². The number of hydrogen-bond acceptors (Lipinski definition) is 6. The molecule has 3 rings (SSSR count). The number of nitrogens with zero attached hydrogens (tertiary/aromatic N) is 3. The topological polar surface area (TPSA) is 90.7 Å². The van der Waals surface area contributed by atoms with Crippen LogP contribution in [0.4, 0.5) is 4.79 Å². The normalized spacial score (nSPS) is 15.2. The highest BCUT2D eigenvalue weighted by molar-refractivity contribution is 8.00. The molecule has 0 atom stereocenters. The van der Waals surface area contributed by atoms with Gasteiger partial charge in [0.05, 0.1) is 16.5 Å². The van der Waals surface area contributed by atoms with Gasteiger partial charge in [-0.05, 0) is 70.0 Å². The predicted molar refractivity (Wildman–Crippen MR) is 128 cm³/mol. The Kier molecular flexibility index (Phi) is 7.42. The highest BCUT2D eigenvalue weighted by Gasteiger charge is 2.33. The van der Waals surface area contributed by atoms with Crippen LogP contribution in [-0.2, 0) is 14.8 Å². The van der Waals surface area contributed by atoms with E-state index in [9.17, 15) is 18.5 Å². The molecular formula is C24H29N3O4S2. The number of nitriles is 1. The number of ether oxygens (including phenoxy) is 1. The zero-order valence-corrected chi connectivity index (χ0v) is 21.2. The molecule has 9 heteroatoms. The van der Waals surface area contributed by atoms with E-state index in [1.807, 2.05) is 38.1 Å². The Bertz CT molecular complexity index is 1190. The molecule has 7 nitrogen and oxygen atoms in total. The van der Waals surface area contributed by atoms with Crippen molar-refractivity contribution in [2.45, 2.75) is 54.9 Å². The maximum Gasteiger partial charge on any atom is 0.410 e. The van der Waals surface area contributed by atoms with Gasteiger partial charge in [0.1, 0.15) is 5.60 Å². The van der Waals surface area contributed by atoms with Gasteiger partial charge in [-0.15, -0.1) is 0 Å². The summed E-state index contributed by atoms with van der Waals surface area (Å²) in [6, 6.07) is 12.8. The lowest BCUT2D eigenvalue weighted by atomic mass is 10.2. The van der Waals surface area contributed by atoms with Crippen molar-refractivity contribution in [2.75, 3.05) is 26.2 Å². The zero-order valence-electron chi connectivity index (χ0n) is 19.6. The largest absolute Gasteiger partial charge is 0.444 e. The summed E-state index contributed by atoms with van der Waals surface area (Å²) in [7, 11) is -3.87. The zero-order chi connectivity index (χ0) is 24.4. The lowest BCUT2D eigenvalue weighted by Gasteiger charge is -2.35. The van der Waals surface area contributed by atoms with Crippen molar-refractivity contribution in [3.63, 3.8) is 0 Å². The number of sulfonamides is 1. The lowest BCUT2D eigenvalue weighted by Crippen LogP contribution is -2.51. The van der Waals surface area contributed by atoms with Crippen molar-refractivity contribution >= 4 is 27.9 Å². The first kappa shape index (κ1) is 25.1. The summed E-state index contributed by atoms with van der Waals surface area (Å²) in [5, 5.41) is 9.36. The highest BCUT2D eigenvalue weighted by Crippen LogP contribution is 2.37. The minimum absolute atomic E-state index is 0.109. The third-order valence-corrected chi connectivity index (χ3v) is 8.45. The minimum atomic E-state index is -3.87. The molecule has 1 amide bonds. The van der Waals surface area contributed by atoms with Crippen molar-refractivity contribution in [1.82, 2.24) is 9.21 Å². The molecule has 0 spiro atoms. The smallest absolute Gasteiger partial charge is 0.410 e. The van der Waals surface area contributed by atoms with Crippen molar-refractivity contribution in [3.05, 3.63) is 53.1 Å². The molecule has 1 heterocycles. The number of carbonyl (C=O) groups is 1. The Hall–Kier alpha value is -2.54. The van der Waals surface area contributed by atoms with Crippen molar-refractivity contribution in [3.8, 4) is 6.07 Å². The Morgan fingerprint density at radius 3 is 2.30 bits per heavy atom. The van der Waals surface area contributed by atoms with E-state index in [2.05, 4.69) is 0 Å². The summed E-state index contributed by atoms with van der Waals surface area (Å²) in [4.78, 5) is 15.5. The molecule has 1 saturated heterocycles. The van der Waals surface area contributed by atoms with Crippen LogP contribution in [0.3, 0.4) is 0 Å². The number of aryl methyl sites for hydroxylation is 2. The second-order valence-electron chi connectivity index (χ2n) is 9.02. The number of piperazine rings is 1. The van der Waals surface area contributed by atoms with Crippen LogP contribution in [0.5, 0.6) is 0 Å². The molecule has 33 heavy (non-hydrogen) atoms. The third kappa shape index (κ3) is 6.08. The average Bonchev–Trinajstić information content (AvgIpc) is 2.75. The monoisotopic (exact) mass is 487 g/mol. The minimum Gasteiger partial charge on any atom is -0.444 e. The van der Waals surface area contributed by atoms with Gasteiger partial charge in [-0.3, -0.25) is 0 Å². The van der Waals surface area contributed by atoms with E-state index in [0.717, 1.165) is 16.0 Å². The Morgan fingerprint density at radius 2 is 1.70 bits per heavy atom. The lowest BCUT2D eigenvalue weighted by molar-refractivity contribution is 0.0192. The van der Waals surface area contributed by atoms with Gasteiger partial charge in [0.15, 0.2) is 0 Å². The molecule has 0 aliphatic carbocycles. The van der Waals surface area contributed by atoms with Crippen LogP contribution in [0.1, 0.15) is 37.5 Å². The molecule has 0 bridgehead atoms. The van der Waals surface area contributed by atoms with Crippen LogP contribution in [0, 0.1) is 25.2 Å². The van der Waals surface area contributed by atoms with Crippen LogP contribution in [0.15, 0.2) is 51.1 Å². The molecule has 176 valence electrons. The van der Waals surface area contributed by atoms with E-state index in [-0.39, 0.29) is 36.6 Å². The van der Waals surface area contributed by atoms with Crippen molar-refractivity contribution in [2.24, 2.45) is 0 Å². The van der Waals surface area contributed by atoms with Crippen LogP contribution in [-0.4, -0.2) is 55.5 Å². The van der Waals surface area contributed by atoms with Crippen molar-refractivity contribution < 1.29 is 17.9 Å². The van der Waals surface area contributed by atoms with Gasteiger partial charge in [-0.1, -0.05) is 23.9 Å². The molecule has 1 fully saturated rings. The van der Waals surface area contributed by atoms with Crippen LogP contribution in [0.2, 0.25) is 0 Å². The number of amides is 1. The Morgan fingerprint density at radius 1 is 1.03 bits per heavy atom. The number of hydrogen-bond donors (Lipinski definition) is 0. The molecule has 2 aromatic rings. The molecule has 0 saturated carbocycles. The predicted octanol–water partition coefficient (Wildman–Crippen LogP) is 4.57. The van der Waals surface area contributed by atoms with Gasteiger partial charge in [0.2, 0.25) is 10.0 Å². The molecular weight excluding hydrogens is 458 g/mol. The molecule has 0 N–H and O–H groups in total. The summed E-state index contributed by atoms with van der Waals surface area (Å²) in [5.74, 6) is 0. The molecule has 0 radical (unpaired) electrons. The summed E-state index contributed by atoms with van der Waals surface area (Å²) < 4.78 is 34.0. The average molecular weight is 488 g/mol. The number of benzene rings is 2. The maximum absolute atomic E-state index is 13.6. The Balaban J connectivity index is 1.86. The first-order valence-corrected chi connectivity index (χ1v) is 12.9. The molecule has 0 aromatic heterocycles. The van der Waals surface area contributed by atoms with Crippen molar-refractivity contribution in [1.29, 1.82) is 5.26 Å². The quantitative estimate of drug-likeness (QED) is 0.628. The van der Waals surface area contributed by atoms with Gasteiger partial charge in [0, 0.05) is 36.0 Å². The second-order valence-corrected chi connectivity index (χ2v) is 12.0. The van der Waals surface area contributed by atoms with E-state index in [0.29, 0.717) is 4.90 Å². The first-order chi connectivity index (χ1) is 15.4.